The molecule has 0 spiro atoms. The first kappa shape index (κ1) is 17.5. The lowest BCUT2D eigenvalue weighted by Crippen LogP contribution is -2.33. The number of hydrogen-bond donors (Lipinski definition) is 1. The number of nitrogens with one attached hydrogen (secondary N) is 1. The van der Waals surface area contributed by atoms with Crippen LogP contribution in [-0.2, 0) is 18.2 Å². The first-order chi connectivity index (χ1) is 12.7. The number of halogens is 1. The minimum Gasteiger partial charge on any atom is -0.494 e. The standard InChI is InChI=1S/C20H26FN3O2/c1-24-12-14(11-23-24)20-13(4-3-9-26-20)10-22-17-7-5-16-15(17)6-8-18(25-2)19(16)21/h6,8,11-13,17,20,22H,3-5,7,9-10H2,1-2H3/t13-,17?,20+/m0/s1. The van der Waals surface area contributed by atoms with E-state index in [0.29, 0.717) is 11.7 Å². The fourth-order valence-electron chi connectivity index (χ4n) is 4.31. The summed E-state index contributed by atoms with van der Waals surface area (Å²) in [6.07, 6.45) is 7.90. The van der Waals surface area contributed by atoms with Crippen molar-refractivity contribution in [2.24, 2.45) is 13.0 Å². The third-order valence-corrected chi connectivity index (χ3v) is 5.65. The fraction of sp³-hybridized carbons (Fsp3) is 0.550. The minimum absolute atomic E-state index is 0.0819. The van der Waals surface area contributed by atoms with Crippen LogP contribution in [0.2, 0.25) is 0 Å². The quantitative estimate of drug-likeness (QED) is 0.890. The van der Waals surface area contributed by atoms with Crippen molar-refractivity contribution < 1.29 is 13.9 Å². The Balaban J connectivity index is 1.45. The number of fused-ring (bicyclic) bond motifs is 1. The molecule has 2 aliphatic rings. The minimum atomic E-state index is -0.205. The molecule has 4 rings (SSSR count). The normalized spacial score (nSPS) is 25.3. The van der Waals surface area contributed by atoms with Crippen LogP contribution >= 0.6 is 0 Å². The highest BCUT2D eigenvalue weighted by Crippen LogP contribution is 2.38. The summed E-state index contributed by atoms with van der Waals surface area (Å²) in [5.74, 6) is 0.533. The zero-order chi connectivity index (χ0) is 18.1. The van der Waals surface area contributed by atoms with Crippen LogP contribution in [0.1, 0.15) is 48.1 Å². The molecule has 6 heteroatoms. The van der Waals surface area contributed by atoms with Crippen LogP contribution in [0.15, 0.2) is 24.5 Å². The SMILES string of the molecule is COc1ccc2c(c1F)CCC2NC[C@@H]1CCCO[C@H]1c1cnn(C)c1. The number of aryl methyl sites for hydroxylation is 1. The van der Waals surface area contributed by atoms with Crippen LogP contribution in [0, 0.1) is 11.7 Å². The van der Waals surface area contributed by atoms with Crippen molar-refractivity contribution >= 4 is 0 Å². The van der Waals surface area contributed by atoms with Crippen molar-refractivity contribution in [3.05, 3.63) is 47.0 Å². The molecule has 1 aliphatic carbocycles. The Morgan fingerprint density at radius 3 is 3.04 bits per heavy atom. The van der Waals surface area contributed by atoms with Crippen molar-refractivity contribution in [2.75, 3.05) is 20.3 Å². The van der Waals surface area contributed by atoms with Gasteiger partial charge in [-0.3, -0.25) is 4.68 Å². The summed E-state index contributed by atoms with van der Waals surface area (Å²) >= 11 is 0. The van der Waals surface area contributed by atoms with Gasteiger partial charge in [0.25, 0.3) is 0 Å². The van der Waals surface area contributed by atoms with E-state index in [4.69, 9.17) is 9.47 Å². The number of rotatable bonds is 5. The molecule has 1 fully saturated rings. The molecule has 1 N–H and O–H groups in total. The molecule has 1 saturated heterocycles. The van der Waals surface area contributed by atoms with E-state index >= 15 is 0 Å². The van der Waals surface area contributed by atoms with E-state index in [1.54, 1.807) is 6.07 Å². The number of aromatic nitrogens is 2. The van der Waals surface area contributed by atoms with Gasteiger partial charge in [-0.15, -0.1) is 0 Å². The van der Waals surface area contributed by atoms with Crippen LogP contribution in [0.25, 0.3) is 0 Å². The van der Waals surface area contributed by atoms with E-state index in [0.717, 1.165) is 55.5 Å². The Labute approximate surface area is 153 Å². The molecule has 1 aromatic carbocycles. The maximum atomic E-state index is 14.4. The van der Waals surface area contributed by atoms with Crippen molar-refractivity contribution in [3.8, 4) is 5.75 Å². The van der Waals surface area contributed by atoms with Gasteiger partial charge in [0.1, 0.15) is 0 Å². The number of nitrogens with zero attached hydrogens (tertiary/aromatic N) is 2. The topological polar surface area (TPSA) is 48.3 Å². The predicted molar refractivity (Wildman–Crippen MR) is 96.6 cm³/mol. The summed E-state index contributed by atoms with van der Waals surface area (Å²) in [6.45, 7) is 1.66. The molecule has 1 aromatic heterocycles. The zero-order valence-electron chi connectivity index (χ0n) is 15.4. The van der Waals surface area contributed by atoms with Crippen LogP contribution in [0.3, 0.4) is 0 Å². The lowest BCUT2D eigenvalue weighted by molar-refractivity contribution is -0.0285. The monoisotopic (exact) mass is 359 g/mol. The maximum Gasteiger partial charge on any atom is 0.168 e. The summed E-state index contributed by atoms with van der Waals surface area (Å²) in [7, 11) is 3.44. The first-order valence-corrected chi connectivity index (χ1v) is 9.36. The molecular weight excluding hydrogens is 333 g/mol. The number of hydrogen-bond acceptors (Lipinski definition) is 4. The maximum absolute atomic E-state index is 14.4. The van der Waals surface area contributed by atoms with Crippen molar-refractivity contribution in [1.82, 2.24) is 15.1 Å². The van der Waals surface area contributed by atoms with E-state index in [9.17, 15) is 4.39 Å². The molecule has 0 bridgehead atoms. The average Bonchev–Trinajstić information content (AvgIpc) is 3.27. The molecule has 26 heavy (non-hydrogen) atoms. The molecule has 1 aliphatic heterocycles. The molecule has 1 unspecified atom stereocenters. The van der Waals surface area contributed by atoms with Crippen molar-refractivity contribution in [3.63, 3.8) is 0 Å². The van der Waals surface area contributed by atoms with Crippen LogP contribution in [0.5, 0.6) is 5.75 Å². The molecule has 140 valence electrons. The molecule has 3 atom stereocenters. The summed E-state index contributed by atoms with van der Waals surface area (Å²) in [4.78, 5) is 0. The largest absolute Gasteiger partial charge is 0.494 e. The van der Waals surface area contributed by atoms with Gasteiger partial charge in [-0.2, -0.15) is 5.10 Å². The fourth-order valence-corrected chi connectivity index (χ4v) is 4.31. The summed E-state index contributed by atoms with van der Waals surface area (Å²) in [5, 5.41) is 7.95. The highest BCUT2D eigenvalue weighted by Gasteiger charge is 2.31. The van der Waals surface area contributed by atoms with E-state index in [1.807, 2.05) is 30.2 Å². The van der Waals surface area contributed by atoms with Gasteiger partial charge in [0.15, 0.2) is 11.6 Å². The van der Waals surface area contributed by atoms with Crippen LogP contribution in [-0.4, -0.2) is 30.0 Å². The Kier molecular flexibility index (Phi) is 4.96. The second kappa shape index (κ2) is 7.37. The van der Waals surface area contributed by atoms with Gasteiger partial charge in [0.2, 0.25) is 0 Å². The molecule has 2 aromatic rings. The third kappa shape index (κ3) is 3.23. The Morgan fingerprint density at radius 2 is 2.27 bits per heavy atom. The van der Waals surface area contributed by atoms with Crippen molar-refractivity contribution in [1.29, 1.82) is 0 Å². The number of methoxy groups -OCH3 is 1. The first-order valence-electron chi connectivity index (χ1n) is 9.36. The average molecular weight is 359 g/mol. The predicted octanol–water partition coefficient (Wildman–Crippen LogP) is 3.31. The van der Waals surface area contributed by atoms with Gasteiger partial charge in [0.05, 0.1) is 19.4 Å². The highest BCUT2D eigenvalue weighted by atomic mass is 19.1. The summed E-state index contributed by atoms with van der Waals surface area (Å²) < 4.78 is 27.4. The van der Waals surface area contributed by atoms with Gasteiger partial charge in [-0.05, 0) is 42.9 Å². The van der Waals surface area contributed by atoms with Gasteiger partial charge in [-0.1, -0.05) is 6.07 Å². The van der Waals surface area contributed by atoms with Crippen LogP contribution < -0.4 is 10.1 Å². The smallest absolute Gasteiger partial charge is 0.168 e. The van der Waals surface area contributed by atoms with E-state index < -0.39 is 0 Å². The Hall–Kier alpha value is -1.92. The lowest BCUT2D eigenvalue weighted by Gasteiger charge is -2.32. The second-order valence-electron chi connectivity index (χ2n) is 7.29. The summed E-state index contributed by atoms with van der Waals surface area (Å²) in [5.41, 5.74) is 3.00. The molecule has 0 saturated carbocycles. The molecule has 0 amide bonds. The van der Waals surface area contributed by atoms with Gasteiger partial charge in [-0.25, -0.2) is 4.39 Å². The number of ether oxygens (including phenoxy) is 2. The van der Waals surface area contributed by atoms with E-state index in [-0.39, 0.29) is 18.0 Å². The summed E-state index contributed by atoms with van der Waals surface area (Å²) in [6, 6.07) is 3.93. The van der Waals surface area contributed by atoms with E-state index in [1.165, 1.54) is 7.11 Å². The lowest BCUT2D eigenvalue weighted by atomic mass is 9.90. The highest BCUT2D eigenvalue weighted by molar-refractivity contribution is 5.42. The molecular formula is C20H26FN3O2. The molecule has 0 radical (unpaired) electrons. The molecule has 2 heterocycles. The van der Waals surface area contributed by atoms with Gasteiger partial charge >= 0.3 is 0 Å². The van der Waals surface area contributed by atoms with Gasteiger partial charge < -0.3 is 14.8 Å². The van der Waals surface area contributed by atoms with E-state index in [2.05, 4.69) is 10.4 Å². The second-order valence-corrected chi connectivity index (χ2v) is 7.29. The molecule has 5 nitrogen and oxygen atoms in total. The Morgan fingerprint density at radius 1 is 1.38 bits per heavy atom. The zero-order valence-corrected chi connectivity index (χ0v) is 15.4. The van der Waals surface area contributed by atoms with Crippen LogP contribution in [0.4, 0.5) is 4.39 Å². The third-order valence-electron chi connectivity index (χ3n) is 5.65. The Bertz CT molecular complexity index is 776. The van der Waals surface area contributed by atoms with Crippen molar-refractivity contribution in [2.45, 2.75) is 37.8 Å². The number of benzene rings is 1. The van der Waals surface area contributed by atoms with Gasteiger partial charge in [0, 0.05) is 43.9 Å².